The molecule has 3 aromatic rings. The van der Waals surface area contributed by atoms with Gasteiger partial charge in [-0.05, 0) is 67.1 Å². The molecular weight excluding hydrogens is 416 g/mol. The van der Waals surface area contributed by atoms with Gasteiger partial charge in [0.05, 0.1) is 0 Å². The van der Waals surface area contributed by atoms with Gasteiger partial charge in [0, 0.05) is 15.1 Å². The molecule has 0 atom stereocenters. The minimum Gasteiger partial charge on any atom is -0.486 e. The quantitative estimate of drug-likeness (QED) is 0.331. The summed E-state index contributed by atoms with van der Waals surface area (Å²) in [5.74, 6) is 1.91. The van der Waals surface area contributed by atoms with Gasteiger partial charge in [-0.25, -0.2) is 0 Å². The second-order valence-electron chi connectivity index (χ2n) is 5.71. The molecule has 0 radical (unpaired) electrons. The molecule has 0 saturated carbocycles. The number of carbonyl (C=O) groups excluding carboxylic acids is 1. The zero-order valence-electron chi connectivity index (χ0n) is 14.0. The van der Waals surface area contributed by atoms with Crippen LogP contribution in [0.25, 0.3) is 6.08 Å². The summed E-state index contributed by atoms with van der Waals surface area (Å²) in [5.41, 5.74) is 1.57. The molecule has 1 aromatic heterocycles. The van der Waals surface area contributed by atoms with Crippen molar-refractivity contribution in [3.05, 3.63) is 92.8 Å². The van der Waals surface area contributed by atoms with Crippen LogP contribution in [-0.4, -0.2) is 5.78 Å². The number of ether oxygens (including phenoxy) is 1. The van der Waals surface area contributed by atoms with E-state index in [9.17, 15) is 4.79 Å². The van der Waals surface area contributed by atoms with Crippen molar-refractivity contribution in [2.24, 2.45) is 0 Å². The second kappa shape index (κ2) is 8.39. The lowest BCUT2D eigenvalue weighted by molar-refractivity contribution is 0.104. The highest BCUT2D eigenvalue weighted by atomic mass is 79.9. The third kappa shape index (κ3) is 4.87. The molecule has 132 valence electrons. The summed E-state index contributed by atoms with van der Waals surface area (Å²) < 4.78 is 12.2. The average Bonchev–Trinajstić information content (AvgIpc) is 3.08. The van der Waals surface area contributed by atoms with E-state index in [1.807, 2.05) is 37.3 Å². The lowest BCUT2D eigenvalue weighted by atomic mass is 10.1. The fraction of sp³-hybridized carbons (Fsp3) is 0.0952. The van der Waals surface area contributed by atoms with Gasteiger partial charge in [-0.15, -0.1) is 0 Å². The van der Waals surface area contributed by atoms with Gasteiger partial charge in [0.15, 0.2) is 5.78 Å². The van der Waals surface area contributed by atoms with Crippen molar-refractivity contribution in [3.63, 3.8) is 0 Å². The van der Waals surface area contributed by atoms with Crippen molar-refractivity contribution < 1.29 is 13.9 Å². The van der Waals surface area contributed by atoms with E-state index in [4.69, 9.17) is 20.8 Å². The summed E-state index contributed by atoms with van der Waals surface area (Å²) in [5, 5.41) is 0.706. The maximum absolute atomic E-state index is 12.2. The molecule has 0 aliphatic carbocycles. The van der Waals surface area contributed by atoms with E-state index in [1.54, 1.807) is 30.3 Å². The maximum Gasteiger partial charge on any atom is 0.186 e. The summed E-state index contributed by atoms with van der Waals surface area (Å²) in [6.45, 7) is 2.22. The predicted molar refractivity (Wildman–Crippen MR) is 107 cm³/mol. The van der Waals surface area contributed by atoms with Crippen molar-refractivity contribution in [2.45, 2.75) is 13.5 Å². The lowest BCUT2D eigenvalue weighted by Gasteiger charge is -2.05. The lowest BCUT2D eigenvalue weighted by Crippen LogP contribution is -1.94. The third-order valence-electron chi connectivity index (χ3n) is 3.70. The molecule has 0 amide bonds. The van der Waals surface area contributed by atoms with Gasteiger partial charge in [0.25, 0.3) is 0 Å². The normalized spacial score (nSPS) is 11.0. The Morgan fingerprint density at radius 3 is 2.81 bits per heavy atom. The van der Waals surface area contributed by atoms with Crippen LogP contribution in [-0.2, 0) is 6.61 Å². The molecule has 0 aliphatic rings. The average molecular weight is 432 g/mol. The van der Waals surface area contributed by atoms with E-state index in [1.165, 1.54) is 6.08 Å². The summed E-state index contributed by atoms with van der Waals surface area (Å²) in [6.07, 6.45) is 3.15. The number of aryl methyl sites for hydroxylation is 1. The number of allylic oxidation sites excluding steroid dienone is 1. The van der Waals surface area contributed by atoms with Crippen molar-refractivity contribution in [1.29, 1.82) is 0 Å². The van der Waals surface area contributed by atoms with Crippen molar-refractivity contribution in [2.75, 3.05) is 0 Å². The predicted octanol–water partition coefficient (Wildman–Crippen LogP) is 6.48. The van der Waals surface area contributed by atoms with E-state index in [0.29, 0.717) is 28.7 Å². The molecule has 0 unspecified atom stereocenters. The number of benzene rings is 2. The van der Waals surface area contributed by atoms with Crippen LogP contribution in [0.5, 0.6) is 5.75 Å². The van der Waals surface area contributed by atoms with Gasteiger partial charge < -0.3 is 9.15 Å². The molecule has 2 aromatic carbocycles. The highest BCUT2D eigenvalue weighted by Crippen LogP contribution is 2.22. The summed E-state index contributed by atoms with van der Waals surface area (Å²) in [6, 6.07) is 16.4. The number of ketones is 1. The first kappa shape index (κ1) is 18.5. The van der Waals surface area contributed by atoms with Crippen LogP contribution in [0.1, 0.15) is 27.4 Å². The first-order valence-electron chi connectivity index (χ1n) is 7.97. The van der Waals surface area contributed by atoms with Gasteiger partial charge in [-0.1, -0.05) is 39.7 Å². The Kier molecular flexibility index (Phi) is 5.96. The van der Waals surface area contributed by atoms with E-state index in [2.05, 4.69) is 15.9 Å². The standard InChI is InChI=1S/C21H16BrClO3/c1-14-11-18(7-9-20(14)23)25-13-19-6-5-17(26-19)8-10-21(24)15-3-2-4-16(22)12-15/h2-12H,13H2,1H3/b10-8+. The zero-order valence-corrected chi connectivity index (χ0v) is 16.4. The first-order valence-corrected chi connectivity index (χ1v) is 9.14. The highest BCUT2D eigenvalue weighted by molar-refractivity contribution is 9.10. The monoisotopic (exact) mass is 430 g/mol. The molecule has 0 bridgehead atoms. The highest BCUT2D eigenvalue weighted by Gasteiger charge is 2.05. The minimum absolute atomic E-state index is 0.0860. The Bertz CT molecular complexity index is 959. The number of hydrogen-bond acceptors (Lipinski definition) is 3. The second-order valence-corrected chi connectivity index (χ2v) is 7.03. The van der Waals surface area contributed by atoms with Crippen LogP contribution in [0.3, 0.4) is 0 Å². The largest absolute Gasteiger partial charge is 0.486 e. The Hall–Kier alpha value is -2.30. The van der Waals surface area contributed by atoms with Crippen LogP contribution in [0.2, 0.25) is 5.02 Å². The van der Waals surface area contributed by atoms with E-state index < -0.39 is 0 Å². The van der Waals surface area contributed by atoms with Crippen molar-refractivity contribution >= 4 is 39.4 Å². The SMILES string of the molecule is Cc1cc(OCc2ccc(/C=C/C(=O)c3cccc(Br)c3)o2)ccc1Cl. The summed E-state index contributed by atoms with van der Waals surface area (Å²) in [4.78, 5) is 12.2. The fourth-order valence-corrected chi connectivity index (χ4v) is 2.84. The van der Waals surface area contributed by atoms with Crippen LogP contribution in [0.15, 0.2) is 69.6 Å². The Morgan fingerprint density at radius 1 is 1.19 bits per heavy atom. The van der Waals surface area contributed by atoms with Gasteiger partial charge in [-0.3, -0.25) is 4.79 Å². The molecule has 0 fully saturated rings. The number of rotatable bonds is 6. The summed E-state index contributed by atoms with van der Waals surface area (Å²) in [7, 11) is 0. The number of furan rings is 1. The minimum atomic E-state index is -0.0860. The van der Waals surface area contributed by atoms with Crippen LogP contribution in [0.4, 0.5) is 0 Å². The molecule has 0 N–H and O–H groups in total. The van der Waals surface area contributed by atoms with Crippen LogP contribution in [0, 0.1) is 6.92 Å². The molecule has 0 spiro atoms. The van der Waals surface area contributed by atoms with Gasteiger partial charge in [0.2, 0.25) is 0 Å². The van der Waals surface area contributed by atoms with Crippen LogP contribution >= 0.6 is 27.5 Å². The molecule has 3 rings (SSSR count). The molecule has 1 heterocycles. The fourth-order valence-electron chi connectivity index (χ4n) is 2.32. The molecule has 0 saturated heterocycles. The maximum atomic E-state index is 12.2. The van der Waals surface area contributed by atoms with Crippen molar-refractivity contribution in [3.8, 4) is 5.75 Å². The zero-order chi connectivity index (χ0) is 18.5. The summed E-state index contributed by atoms with van der Waals surface area (Å²) >= 11 is 9.36. The Morgan fingerprint density at radius 2 is 2.04 bits per heavy atom. The molecule has 26 heavy (non-hydrogen) atoms. The molecule has 5 heteroatoms. The van der Waals surface area contributed by atoms with E-state index >= 15 is 0 Å². The number of halogens is 2. The first-order chi connectivity index (χ1) is 12.5. The Balaban J connectivity index is 1.60. The van der Waals surface area contributed by atoms with Crippen molar-refractivity contribution in [1.82, 2.24) is 0 Å². The van der Waals surface area contributed by atoms with E-state index in [0.717, 1.165) is 15.8 Å². The molecular formula is C21H16BrClO3. The Labute approximate surface area is 165 Å². The number of hydrogen-bond donors (Lipinski definition) is 0. The van der Waals surface area contributed by atoms with E-state index in [-0.39, 0.29) is 5.78 Å². The van der Waals surface area contributed by atoms with Gasteiger partial charge in [0.1, 0.15) is 23.9 Å². The topological polar surface area (TPSA) is 39.4 Å². The number of carbonyl (C=O) groups is 1. The molecule has 0 aliphatic heterocycles. The van der Waals surface area contributed by atoms with Crippen LogP contribution < -0.4 is 4.74 Å². The van der Waals surface area contributed by atoms with Gasteiger partial charge >= 0.3 is 0 Å². The van der Waals surface area contributed by atoms with Gasteiger partial charge in [-0.2, -0.15) is 0 Å². The molecule has 3 nitrogen and oxygen atoms in total. The third-order valence-corrected chi connectivity index (χ3v) is 4.62. The smallest absolute Gasteiger partial charge is 0.186 e.